The number of carbonyl (C=O) groups is 1. The van der Waals surface area contributed by atoms with Gasteiger partial charge in [0.25, 0.3) is 0 Å². The number of nitrogens with zero attached hydrogens (tertiary/aromatic N) is 4. The van der Waals surface area contributed by atoms with E-state index in [4.69, 9.17) is 9.47 Å². The van der Waals surface area contributed by atoms with Crippen LogP contribution in [0.25, 0.3) is 21.1 Å². The second-order valence-electron chi connectivity index (χ2n) is 10.1. The lowest BCUT2D eigenvalue weighted by Gasteiger charge is -2.36. The van der Waals surface area contributed by atoms with Crippen LogP contribution >= 0.6 is 11.3 Å². The molecule has 0 saturated carbocycles. The van der Waals surface area contributed by atoms with E-state index < -0.39 is 0 Å². The van der Waals surface area contributed by atoms with Gasteiger partial charge in [-0.25, -0.2) is 9.97 Å². The summed E-state index contributed by atoms with van der Waals surface area (Å²) in [5, 5.41) is 16.1. The van der Waals surface area contributed by atoms with Crippen LogP contribution in [-0.2, 0) is 22.4 Å². The molecule has 3 aliphatic rings. The molecule has 192 valence electrons. The van der Waals surface area contributed by atoms with E-state index in [1.807, 2.05) is 23.2 Å². The molecular formula is C26H29N7O3S. The van der Waals surface area contributed by atoms with E-state index in [1.54, 1.807) is 17.7 Å². The van der Waals surface area contributed by atoms with Crippen molar-refractivity contribution in [1.29, 1.82) is 0 Å². The molecule has 1 aromatic carbocycles. The van der Waals surface area contributed by atoms with Crippen molar-refractivity contribution in [3.8, 4) is 5.75 Å². The average molecular weight is 520 g/mol. The molecule has 0 spiro atoms. The van der Waals surface area contributed by atoms with Gasteiger partial charge in [0.1, 0.15) is 28.8 Å². The minimum absolute atomic E-state index is 0.00469. The molecule has 5 heterocycles. The number of anilines is 2. The summed E-state index contributed by atoms with van der Waals surface area (Å²) >= 11 is 1.68. The quantitative estimate of drug-likeness (QED) is 0.368. The van der Waals surface area contributed by atoms with Crippen LogP contribution in [0.1, 0.15) is 23.8 Å². The van der Waals surface area contributed by atoms with Crippen LogP contribution in [0.4, 0.5) is 11.5 Å². The average Bonchev–Trinajstić information content (AvgIpc) is 3.49. The molecule has 10 nitrogen and oxygen atoms in total. The third-order valence-electron chi connectivity index (χ3n) is 7.68. The maximum absolute atomic E-state index is 13.3. The molecular weight excluding hydrogens is 490 g/mol. The Hall–Kier alpha value is -3.28. The Balaban J connectivity index is 1.20. The Morgan fingerprint density at radius 3 is 3.05 bits per heavy atom. The van der Waals surface area contributed by atoms with E-state index in [0.717, 1.165) is 70.7 Å². The lowest BCUT2D eigenvalue weighted by molar-refractivity contribution is -0.143. The van der Waals surface area contributed by atoms with E-state index in [1.165, 1.54) is 10.4 Å². The van der Waals surface area contributed by atoms with Gasteiger partial charge in [-0.1, -0.05) is 0 Å². The highest BCUT2D eigenvalue weighted by Gasteiger charge is 2.34. The van der Waals surface area contributed by atoms with Crippen molar-refractivity contribution in [2.45, 2.75) is 38.3 Å². The van der Waals surface area contributed by atoms with E-state index in [-0.39, 0.29) is 24.0 Å². The zero-order valence-electron chi connectivity index (χ0n) is 20.6. The predicted molar refractivity (Wildman–Crippen MR) is 142 cm³/mol. The third-order valence-corrected chi connectivity index (χ3v) is 8.84. The molecule has 3 aromatic heterocycles. The summed E-state index contributed by atoms with van der Waals surface area (Å²) in [5.74, 6) is 1.80. The molecule has 1 aliphatic carbocycles. The van der Waals surface area contributed by atoms with Gasteiger partial charge in [0.05, 0.1) is 42.0 Å². The number of ether oxygens (including phenoxy) is 2. The maximum atomic E-state index is 13.3. The minimum atomic E-state index is 0.00469. The highest BCUT2D eigenvalue weighted by molar-refractivity contribution is 7.19. The molecule has 2 atom stereocenters. The maximum Gasteiger partial charge on any atom is 0.226 e. The van der Waals surface area contributed by atoms with Gasteiger partial charge >= 0.3 is 0 Å². The number of hydrogen-bond acceptors (Lipinski definition) is 9. The Bertz CT molecular complexity index is 1480. The number of aromatic amines is 1. The number of hydrogen-bond donors (Lipinski definition) is 3. The van der Waals surface area contributed by atoms with Gasteiger partial charge < -0.3 is 25.0 Å². The smallest absolute Gasteiger partial charge is 0.226 e. The lowest BCUT2D eigenvalue weighted by Crippen LogP contribution is -2.50. The number of thiophene rings is 1. The number of nitrogens with one attached hydrogen (secondary N) is 3. The topological polar surface area (TPSA) is 117 Å². The van der Waals surface area contributed by atoms with Gasteiger partial charge in [0.15, 0.2) is 0 Å². The number of morpholine rings is 1. The summed E-state index contributed by atoms with van der Waals surface area (Å²) < 4.78 is 11.8. The number of fused-ring (bicyclic) bond motifs is 4. The zero-order chi connectivity index (χ0) is 24.9. The summed E-state index contributed by atoms with van der Waals surface area (Å²) in [6.07, 6.45) is 5.98. The first-order chi connectivity index (χ1) is 18.1. The second-order valence-corrected chi connectivity index (χ2v) is 11.2. The molecule has 0 unspecified atom stereocenters. The Morgan fingerprint density at radius 1 is 1.30 bits per heavy atom. The normalized spacial score (nSPS) is 22.1. The fourth-order valence-electron chi connectivity index (χ4n) is 5.52. The highest BCUT2D eigenvalue weighted by Crippen LogP contribution is 2.42. The summed E-state index contributed by atoms with van der Waals surface area (Å²) in [6, 6.07) is 4.17. The molecule has 3 N–H and O–H groups in total. The number of benzene rings is 1. The first-order valence-electron chi connectivity index (χ1n) is 12.9. The Kier molecular flexibility index (Phi) is 5.71. The highest BCUT2D eigenvalue weighted by atomic mass is 32.1. The standard InChI is InChI=1S/C26H29N7O3S/c1-14-12-35-5-4-33(14)26(34)15-2-3-18-22(7-15)37-25-23(18)24(28-13-29-25)31-20-6-16-9-30-32-19(16)8-21(20)36-17-10-27-11-17/h6,8-9,13-15,17,27H,2-5,7,10-12H2,1H3,(H,30,32)(H,28,29,31)/t14-,15-/m0/s1. The number of carbonyl (C=O) groups excluding carboxylic acids is 1. The van der Waals surface area contributed by atoms with Gasteiger partial charge in [-0.2, -0.15) is 5.10 Å². The van der Waals surface area contributed by atoms with Crippen molar-refractivity contribution in [2.75, 3.05) is 38.2 Å². The number of H-pyrrole nitrogens is 1. The molecule has 2 aliphatic heterocycles. The molecule has 4 aromatic rings. The first kappa shape index (κ1) is 22.9. The molecule has 37 heavy (non-hydrogen) atoms. The van der Waals surface area contributed by atoms with E-state index in [0.29, 0.717) is 19.8 Å². The number of rotatable bonds is 5. The largest absolute Gasteiger partial charge is 0.486 e. The van der Waals surface area contributed by atoms with Crippen molar-refractivity contribution in [3.63, 3.8) is 0 Å². The van der Waals surface area contributed by atoms with Gasteiger partial charge in [-0.05, 0) is 37.8 Å². The molecule has 0 radical (unpaired) electrons. The summed E-state index contributed by atoms with van der Waals surface area (Å²) in [4.78, 5) is 26.8. The number of aromatic nitrogens is 4. The van der Waals surface area contributed by atoms with E-state index in [2.05, 4.69) is 37.7 Å². The number of aryl methyl sites for hydroxylation is 1. The summed E-state index contributed by atoms with van der Waals surface area (Å²) in [7, 11) is 0. The van der Waals surface area contributed by atoms with Gasteiger partial charge in [-0.3, -0.25) is 9.89 Å². The number of amides is 1. The van der Waals surface area contributed by atoms with Gasteiger partial charge in [-0.15, -0.1) is 11.3 Å². The molecule has 2 saturated heterocycles. The molecule has 11 heteroatoms. The Morgan fingerprint density at radius 2 is 2.22 bits per heavy atom. The van der Waals surface area contributed by atoms with Gasteiger partial charge in [0, 0.05) is 41.9 Å². The molecule has 0 bridgehead atoms. The molecule has 1 amide bonds. The Labute approximate surface area is 217 Å². The molecule has 7 rings (SSSR count). The first-order valence-corrected chi connectivity index (χ1v) is 13.7. The van der Waals surface area contributed by atoms with Crippen LogP contribution in [-0.4, -0.2) is 76.0 Å². The van der Waals surface area contributed by atoms with E-state index >= 15 is 0 Å². The van der Waals surface area contributed by atoms with E-state index in [9.17, 15) is 4.79 Å². The van der Waals surface area contributed by atoms with Crippen LogP contribution in [0.15, 0.2) is 24.7 Å². The SMILES string of the molecule is C[C@H]1COCCN1C(=O)[C@H]1CCc2c(sc3ncnc(Nc4cc5cn[nH]c5cc4OC4CNC4)c23)C1. The van der Waals surface area contributed by atoms with Crippen LogP contribution < -0.4 is 15.4 Å². The monoisotopic (exact) mass is 519 g/mol. The second kappa shape index (κ2) is 9.23. The fraction of sp³-hybridized carbons (Fsp3) is 0.462. The van der Waals surface area contributed by atoms with Crippen molar-refractivity contribution >= 4 is 49.9 Å². The van der Waals surface area contributed by atoms with Crippen LogP contribution in [0.3, 0.4) is 0 Å². The van der Waals surface area contributed by atoms with Crippen molar-refractivity contribution in [1.82, 2.24) is 30.4 Å². The van der Waals surface area contributed by atoms with Gasteiger partial charge in [0.2, 0.25) is 5.91 Å². The summed E-state index contributed by atoms with van der Waals surface area (Å²) in [5.41, 5.74) is 3.04. The zero-order valence-corrected chi connectivity index (χ0v) is 21.4. The third kappa shape index (κ3) is 4.11. The predicted octanol–water partition coefficient (Wildman–Crippen LogP) is 3.01. The minimum Gasteiger partial charge on any atom is -0.486 e. The van der Waals surface area contributed by atoms with Crippen molar-refractivity contribution in [3.05, 3.63) is 35.1 Å². The lowest BCUT2D eigenvalue weighted by atomic mass is 9.86. The van der Waals surface area contributed by atoms with Crippen LogP contribution in [0, 0.1) is 5.92 Å². The fourth-order valence-corrected chi connectivity index (χ4v) is 6.79. The van der Waals surface area contributed by atoms with Crippen LogP contribution in [0.2, 0.25) is 0 Å². The molecule has 2 fully saturated rings. The van der Waals surface area contributed by atoms with Crippen molar-refractivity contribution in [2.24, 2.45) is 5.92 Å². The summed E-state index contributed by atoms with van der Waals surface area (Å²) in [6.45, 7) is 5.65. The van der Waals surface area contributed by atoms with Crippen molar-refractivity contribution < 1.29 is 14.3 Å². The van der Waals surface area contributed by atoms with Crippen LogP contribution in [0.5, 0.6) is 5.75 Å².